The Labute approximate surface area is 158 Å². The van der Waals surface area contributed by atoms with E-state index in [2.05, 4.69) is 10.3 Å². The van der Waals surface area contributed by atoms with Crippen LogP contribution in [-0.4, -0.2) is 53.8 Å². The van der Waals surface area contributed by atoms with Crippen LogP contribution < -0.4 is 10.1 Å². The summed E-state index contributed by atoms with van der Waals surface area (Å²) >= 11 is 0. The first-order chi connectivity index (χ1) is 12.7. The molecule has 2 N–H and O–H groups in total. The third-order valence-corrected chi connectivity index (χ3v) is 3.67. The maximum atomic E-state index is 12.4. The molecule has 9 nitrogen and oxygen atoms in total. The lowest BCUT2D eigenvalue weighted by molar-refractivity contribution is -0.156. The van der Waals surface area contributed by atoms with E-state index in [0.29, 0.717) is 6.42 Å². The largest absolute Gasteiger partial charge is 0.503 e. The highest BCUT2D eigenvalue weighted by Crippen LogP contribution is 2.27. The Morgan fingerprint density at radius 3 is 2.44 bits per heavy atom. The molecule has 1 rings (SSSR count). The Balaban J connectivity index is 2.94. The Hall–Kier alpha value is -2.84. The number of amides is 1. The first kappa shape index (κ1) is 22.2. The van der Waals surface area contributed by atoms with Gasteiger partial charge in [-0.3, -0.25) is 9.59 Å². The summed E-state index contributed by atoms with van der Waals surface area (Å²) in [5.41, 5.74) is -0.329. The monoisotopic (exact) mass is 382 g/mol. The van der Waals surface area contributed by atoms with Crippen molar-refractivity contribution in [2.24, 2.45) is 5.92 Å². The van der Waals surface area contributed by atoms with Gasteiger partial charge in [0.1, 0.15) is 6.61 Å². The number of aromatic hydroxyl groups is 1. The molecule has 1 amide bonds. The van der Waals surface area contributed by atoms with Gasteiger partial charge in [-0.25, -0.2) is 9.78 Å². The molecule has 0 fully saturated rings. The van der Waals surface area contributed by atoms with Crippen molar-refractivity contribution < 1.29 is 33.7 Å². The van der Waals surface area contributed by atoms with Crippen molar-refractivity contribution in [3.05, 3.63) is 18.0 Å². The number of carbonyl (C=O) groups is 3. The minimum atomic E-state index is -1.25. The number of aromatic nitrogens is 1. The number of nitrogens with zero attached hydrogens (tertiary/aromatic N) is 1. The smallest absolute Gasteiger partial charge is 0.332 e. The van der Waals surface area contributed by atoms with Crippen molar-refractivity contribution in [3.8, 4) is 11.5 Å². The maximum Gasteiger partial charge on any atom is 0.332 e. The number of ether oxygens (including phenoxy) is 3. The molecule has 0 aromatic carbocycles. The van der Waals surface area contributed by atoms with Crippen LogP contribution in [0.25, 0.3) is 0 Å². The molecule has 0 radical (unpaired) electrons. The van der Waals surface area contributed by atoms with Gasteiger partial charge in [0.15, 0.2) is 23.2 Å². The molecule has 2 atom stereocenters. The van der Waals surface area contributed by atoms with Crippen LogP contribution in [0.15, 0.2) is 12.3 Å². The molecule has 0 aliphatic rings. The topological polar surface area (TPSA) is 124 Å². The van der Waals surface area contributed by atoms with Crippen molar-refractivity contribution in [2.75, 3.05) is 13.7 Å². The van der Waals surface area contributed by atoms with Crippen LogP contribution >= 0.6 is 0 Å². The van der Waals surface area contributed by atoms with Gasteiger partial charge in [0.05, 0.1) is 19.1 Å². The Bertz CT molecular complexity index is 676. The fourth-order valence-electron chi connectivity index (χ4n) is 1.95. The zero-order chi connectivity index (χ0) is 20.6. The summed E-state index contributed by atoms with van der Waals surface area (Å²) in [6, 6.07) is 0.130. The summed E-state index contributed by atoms with van der Waals surface area (Å²) in [6.45, 7) is 6.43. The second-order valence-corrected chi connectivity index (χ2v) is 6.16. The van der Waals surface area contributed by atoms with E-state index in [9.17, 15) is 19.5 Å². The molecule has 1 aromatic rings. The molecule has 0 aliphatic carbocycles. The van der Waals surface area contributed by atoms with Crippen molar-refractivity contribution >= 4 is 17.8 Å². The number of hydrogen-bond donors (Lipinski definition) is 2. The van der Waals surface area contributed by atoms with E-state index in [0.717, 1.165) is 0 Å². The lowest BCUT2D eigenvalue weighted by Gasteiger charge is -2.20. The number of nitrogens with one attached hydrogen (secondary N) is 1. The van der Waals surface area contributed by atoms with Crippen LogP contribution in [0.3, 0.4) is 0 Å². The number of carbonyl (C=O) groups excluding carboxylic acids is 3. The quantitative estimate of drug-likeness (QED) is 0.615. The van der Waals surface area contributed by atoms with E-state index < -0.39 is 42.3 Å². The number of esters is 2. The lowest BCUT2D eigenvalue weighted by atomic mass is 10.1. The Morgan fingerprint density at radius 1 is 1.22 bits per heavy atom. The minimum Gasteiger partial charge on any atom is -0.503 e. The molecule has 150 valence electrons. The van der Waals surface area contributed by atoms with Gasteiger partial charge < -0.3 is 24.6 Å². The van der Waals surface area contributed by atoms with Gasteiger partial charge in [-0.05, 0) is 20.3 Å². The van der Waals surface area contributed by atoms with E-state index >= 15 is 0 Å². The van der Waals surface area contributed by atoms with Gasteiger partial charge in [0, 0.05) is 12.3 Å². The molecule has 0 spiro atoms. The van der Waals surface area contributed by atoms with Gasteiger partial charge in [0.2, 0.25) is 0 Å². The van der Waals surface area contributed by atoms with Gasteiger partial charge in [0.25, 0.3) is 5.91 Å². The van der Waals surface area contributed by atoms with Crippen LogP contribution in [0.4, 0.5) is 0 Å². The first-order valence-corrected chi connectivity index (χ1v) is 8.61. The van der Waals surface area contributed by atoms with E-state index in [1.54, 1.807) is 20.8 Å². The fraction of sp³-hybridized carbons (Fsp3) is 0.556. The van der Waals surface area contributed by atoms with Crippen molar-refractivity contribution in [1.82, 2.24) is 10.3 Å². The Morgan fingerprint density at radius 2 is 1.89 bits per heavy atom. The summed E-state index contributed by atoms with van der Waals surface area (Å²) in [5.74, 6) is -2.85. The molecule has 0 saturated carbocycles. The highest BCUT2D eigenvalue weighted by molar-refractivity contribution is 5.98. The standard InChI is InChI=1S/C18H26N2O7/c1-6-11(4)17(23)26-9-12(18(24)27-10(2)3)20-16(22)14-15(21)13(25-5)7-8-19-14/h7-8,10-12,21H,6,9H2,1-5H3,(H,20,22). The van der Waals surface area contributed by atoms with Crippen molar-refractivity contribution in [3.63, 3.8) is 0 Å². The molecular weight excluding hydrogens is 356 g/mol. The fourth-order valence-corrected chi connectivity index (χ4v) is 1.95. The zero-order valence-electron chi connectivity index (χ0n) is 16.1. The van der Waals surface area contributed by atoms with Crippen LogP contribution in [0, 0.1) is 5.92 Å². The first-order valence-electron chi connectivity index (χ1n) is 8.61. The number of pyridine rings is 1. The predicted molar refractivity (Wildman–Crippen MR) is 95.4 cm³/mol. The molecule has 1 aromatic heterocycles. The molecule has 0 aliphatic heterocycles. The molecule has 0 saturated heterocycles. The zero-order valence-corrected chi connectivity index (χ0v) is 16.1. The molecule has 0 bridgehead atoms. The van der Waals surface area contributed by atoms with Gasteiger partial charge in [-0.2, -0.15) is 0 Å². The highest BCUT2D eigenvalue weighted by Gasteiger charge is 2.28. The highest BCUT2D eigenvalue weighted by atomic mass is 16.6. The second kappa shape index (κ2) is 10.3. The molecule has 27 heavy (non-hydrogen) atoms. The van der Waals surface area contributed by atoms with Gasteiger partial charge in [-0.1, -0.05) is 13.8 Å². The number of methoxy groups -OCH3 is 1. The van der Waals surface area contributed by atoms with E-state index in [1.165, 1.54) is 19.4 Å². The number of hydrogen-bond acceptors (Lipinski definition) is 8. The Kier molecular flexibility index (Phi) is 8.50. The third-order valence-electron chi connectivity index (χ3n) is 3.67. The van der Waals surface area contributed by atoms with Crippen molar-refractivity contribution in [1.29, 1.82) is 0 Å². The van der Waals surface area contributed by atoms with Gasteiger partial charge in [-0.15, -0.1) is 0 Å². The van der Waals surface area contributed by atoms with E-state index in [1.807, 2.05) is 6.92 Å². The van der Waals surface area contributed by atoms with Crippen LogP contribution in [0.2, 0.25) is 0 Å². The minimum absolute atomic E-state index is 0.0552. The average Bonchev–Trinajstić information content (AvgIpc) is 2.63. The normalized spacial score (nSPS) is 12.8. The summed E-state index contributed by atoms with van der Waals surface area (Å²) in [4.78, 5) is 40.3. The summed E-state index contributed by atoms with van der Waals surface area (Å²) < 4.78 is 15.1. The SMILES string of the molecule is CCC(C)C(=O)OCC(NC(=O)c1nccc(OC)c1O)C(=O)OC(C)C. The van der Waals surface area contributed by atoms with Crippen molar-refractivity contribution in [2.45, 2.75) is 46.3 Å². The summed E-state index contributed by atoms with van der Waals surface area (Å²) in [7, 11) is 1.33. The van der Waals surface area contributed by atoms with E-state index in [4.69, 9.17) is 14.2 Å². The average molecular weight is 382 g/mol. The second-order valence-electron chi connectivity index (χ2n) is 6.16. The van der Waals surface area contributed by atoms with Crippen LogP contribution in [0.5, 0.6) is 11.5 Å². The van der Waals surface area contributed by atoms with Crippen LogP contribution in [0.1, 0.15) is 44.6 Å². The number of rotatable bonds is 9. The molecule has 9 heteroatoms. The third kappa shape index (κ3) is 6.43. The summed E-state index contributed by atoms with van der Waals surface area (Å²) in [5, 5.41) is 12.4. The predicted octanol–water partition coefficient (Wildman–Crippen LogP) is 1.44. The summed E-state index contributed by atoms with van der Waals surface area (Å²) in [6.07, 6.45) is 1.43. The van der Waals surface area contributed by atoms with E-state index in [-0.39, 0.29) is 17.4 Å². The van der Waals surface area contributed by atoms with Crippen LogP contribution in [-0.2, 0) is 19.1 Å². The van der Waals surface area contributed by atoms with Gasteiger partial charge >= 0.3 is 11.9 Å². The maximum absolute atomic E-state index is 12.4. The molecular formula is C18H26N2O7. The molecule has 1 heterocycles. The lowest BCUT2D eigenvalue weighted by Crippen LogP contribution is -2.46. The molecule has 2 unspecified atom stereocenters.